The van der Waals surface area contributed by atoms with Crippen LogP contribution in [0.15, 0.2) is 60.7 Å². The average molecular weight is 415 g/mol. The van der Waals surface area contributed by atoms with Gasteiger partial charge in [-0.25, -0.2) is 0 Å². The Balaban J connectivity index is 0.000000364. The number of rotatable bonds is 2. The Morgan fingerprint density at radius 3 is 0.857 bits per heavy atom. The van der Waals surface area contributed by atoms with Crippen LogP contribution in [0.25, 0.3) is 0 Å². The summed E-state index contributed by atoms with van der Waals surface area (Å²) in [7, 11) is -2.07. The Bertz CT molecular complexity index is 447. The maximum Gasteiger partial charge on any atom is 0 e. The first-order valence-corrected chi connectivity index (χ1v) is 14.3. The van der Waals surface area contributed by atoms with Gasteiger partial charge in [0.2, 0.25) is 0 Å². The summed E-state index contributed by atoms with van der Waals surface area (Å²) in [5.74, 6) is 0. The molecule has 2 aromatic carbocycles. The second kappa shape index (κ2) is 9.18. The fraction of sp³-hybridized carbons (Fsp3) is 0.333. The van der Waals surface area contributed by atoms with Gasteiger partial charge in [-0.3, -0.25) is 0 Å². The molecule has 0 nitrogen and oxygen atoms in total. The van der Waals surface area contributed by atoms with E-state index in [9.17, 15) is 0 Å². The van der Waals surface area contributed by atoms with Gasteiger partial charge in [0.05, 0.1) is 0 Å². The molecular formula is C18H30P2Pd. The molecule has 0 atom stereocenters. The average Bonchev–Trinajstić information content (AvgIpc) is 2.40. The molecule has 2 aromatic rings. The van der Waals surface area contributed by atoms with Crippen LogP contribution in [0.1, 0.15) is 0 Å². The molecule has 21 heavy (non-hydrogen) atoms. The summed E-state index contributed by atoms with van der Waals surface area (Å²) in [6, 6.07) is 21.5. The topological polar surface area (TPSA) is 0 Å². The minimum Gasteiger partial charge on any atom is 0 e. The van der Waals surface area contributed by atoms with Gasteiger partial charge in [-0.05, 0) is 0 Å². The van der Waals surface area contributed by atoms with Crippen LogP contribution in [0.4, 0.5) is 0 Å². The SMILES string of the molecule is C[PH](C)(C)c1ccccc1.C[PH](C)(C)c1ccccc1.[Pd]. The Labute approximate surface area is 146 Å². The molecule has 0 aliphatic heterocycles. The van der Waals surface area contributed by atoms with Crippen molar-refractivity contribution in [2.45, 2.75) is 0 Å². The van der Waals surface area contributed by atoms with Gasteiger partial charge in [0.1, 0.15) is 0 Å². The molecule has 0 aliphatic carbocycles. The molecule has 0 heterocycles. The van der Waals surface area contributed by atoms with Crippen molar-refractivity contribution in [3.05, 3.63) is 60.7 Å². The zero-order chi connectivity index (χ0) is 15.2. The van der Waals surface area contributed by atoms with Crippen LogP contribution in [0.3, 0.4) is 0 Å². The summed E-state index contributed by atoms with van der Waals surface area (Å²) >= 11 is 0. The first-order chi connectivity index (χ1) is 9.21. The van der Waals surface area contributed by atoms with Gasteiger partial charge in [0.25, 0.3) is 0 Å². The van der Waals surface area contributed by atoms with Crippen molar-refractivity contribution < 1.29 is 20.4 Å². The monoisotopic (exact) mass is 414 g/mol. The summed E-state index contributed by atoms with van der Waals surface area (Å²) in [4.78, 5) is 0. The van der Waals surface area contributed by atoms with E-state index < -0.39 is 14.5 Å². The van der Waals surface area contributed by atoms with E-state index >= 15 is 0 Å². The van der Waals surface area contributed by atoms with Crippen LogP contribution in [0.2, 0.25) is 0 Å². The van der Waals surface area contributed by atoms with Gasteiger partial charge in [-0.15, -0.1) is 0 Å². The molecule has 0 aromatic heterocycles. The summed E-state index contributed by atoms with van der Waals surface area (Å²) in [5, 5.41) is 3.07. The first kappa shape index (κ1) is 21.0. The summed E-state index contributed by atoms with van der Waals surface area (Å²) in [5.41, 5.74) is 0. The molecule has 0 radical (unpaired) electrons. The molecule has 122 valence electrons. The minimum atomic E-state index is -1.03. The molecule has 0 fully saturated rings. The molecule has 3 heteroatoms. The third kappa shape index (κ3) is 8.24. The van der Waals surface area contributed by atoms with E-state index in [1.165, 1.54) is 10.6 Å². The van der Waals surface area contributed by atoms with E-state index in [1.807, 2.05) is 0 Å². The van der Waals surface area contributed by atoms with Crippen molar-refractivity contribution >= 4 is 25.1 Å². The summed E-state index contributed by atoms with van der Waals surface area (Å²) < 4.78 is 0. The molecule has 0 aliphatic rings. The fourth-order valence-electron chi connectivity index (χ4n) is 1.88. The van der Waals surface area contributed by atoms with Crippen LogP contribution in [-0.2, 0) is 20.4 Å². The van der Waals surface area contributed by atoms with Gasteiger partial charge in [0, 0.05) is 20.4 Å². The maximum absolute atomic E-state index is 2.36. The molecule has 0 N–H and O–H groups in total. The molecule has 2 rings (SSSR count). The Morgan fingerprint density at radius 2 is 0.714 bits per heavy atom. The first-order valence-electron chi connectivity index (χ1n) is 7.32. The molecule has 0 saturated carbocycles. The van der Waals surface area contributed by atoms with Crippen LogP contribution < -0.4 is 10.6 Å². The maximum atomic E-state index is 2.36. The third-order valence-electron chi connectivity index (χ3n) is 3.28. The van der Waals surface area contributed by atoms with E-state index in [0.717, 1.165) is 0 Å². The van der Waals surface area contributed by atoms with Crippen molar-refractivity contribution in [3.63, 3.8) is 0 Å². The second-order valence-electron chi connectivity index (χ2n) is 7.23. The zero-order valence-electron chi connectivity index (χ0n) is 14.1. The normalized spacial score (nSPS) is 12.5. The van der Waals surface area contributed by atoms with Crippen LogP contribution in [-0.4, -0.2) is 40.0 Å². The predicted molar refractivity (Wildman–Crippen MR) is 104 cm³/mol. The Hall–Kier alpha value is -0.0377. The summed E-state index contributed by atoms with van der Waals surface area (Å²) in [6.45, 7) is 14.2. The third-order valence-corrected chi connectivity index (χ3v) is 7.41. The second-order valence-corrected chi connectivity index (χ2v) is 17.4. The van der Waals surface area contributed by atoms with E-state index in [0.29, 0.717) is 0 Å². The van der Waals surface area contributed by atoms with Gasteiger partial charge < -0.3 is 0 Å². The molecule has 0 unspecified atom stereocenters. The smallest absolute Gasteiger partial charge is 0 e. The van der Waals surface area contributed by atoms with Crippen molar-refractivity contribution in [3.8, 4) is 0 Å². The molecule has 0 bridgehead atoms. The fourth-order valence-corrected chi connectivity index (χ4v) is 4.26. The van der Waals surface area contributed by atoms with Crippen molar-refractivity contribution in [2.24, 2.45) is 0 Å². The van der Waals surface area contributed by atoms with Crippen molar-refractivity contribution in [1.29, 1.82) is 0 Å². The van der Waals surface area contributed by atoms with E-state index in [1.54, 1.807) is 0 Å². The van der Waals surface area contributed by atoms with Gasteiger partial charge in [-0.2, -0.15) is 0 Å². The standard InChI is InChI=1S/2C9H15P.Pd/c2*1-10(2,3)9-7-5-4-6-8-9;/h2*4-8,10H,1-3H3;. The molecule has 0 saturated heterocycles. The largest absolute Gasteiger partial charge is 0 e. The van der Waals surface area contributed by atoms with Gasteiger partial charge in [-0.1, -0.05) is 0 Å². The Morgan fingerprint density at radius 1 is 0.476 bits per heavy atom. The van der Waals surface area contributed by atoms with Crippen LogP contribution in [0, 0.1) is 0 Å². The zero-order valence-corrected chi connectivity index (χ0v) is 17.6. The molecular weight excluding hydrogens is 385 g/mol. The number of hydrogen-bond acceptors (Lipinski definition) is 0. The van der Waals surface area contributed by atoms with E-state index in [-0.39, 0.29) is 20.4 Å². The van der Waals surface area contributed by atoms with Gasteiger partial charge in [0.15, 0.2) is 0 Å². The van der Waals surface area contributed by atoms with Gasteiger partial charge >= 0.3 is 126 Å². The molecule has 0 spiro atoms. The number of hydrogen-bond donors (Lipinski definition) is 0. The van der Waals surface area contributed by atoms with Crippen molar-refractivity contribution in [2.75, 3.05) is 40.0 Å². The minimum absolute atomic E-state index is 0. The number of benzene rings is 2. The predicted octanol–water partition coefficient (Wildman–Crippen LogP) is 3.90. The quantitative estimate of drug-likeness (QED) is 0.516. The molecule has 0 amide bonds. The van der Waals surface area contributed by atoms with Crippen LogP contribution >= 0.6 is 14.5 Å². The van der Waals surface area contributed by atoms with Crippen LogP contribution in [0.5, 0.6) is 0 Å². The van der Waals surface area contributed by atoms with Crippen molar-refractivity contribution in [1.82, 2.24) is 0 Å². The van der Waals surface area contributed by atoms with E-state index in [2.05, 4.69) is 101 Å². The summed E-state index contributed by atoms with van der Waals surface area (Å²) in [6.07, 6.45) is 0. The Kier molecular flexibility index (Phi) is 9.16. The van der Waals surface area contributed by atoms with E-state index in [4.69, 9.17) is 0 Å².